The van der Waals surface area contributed by atoms with Gasteiger partial charge in [-0.25, -0.2) is 9.97 Å². The third-order valence-corrected chi connectivity index (χ3v) is 3.55. The van der Waals surface area contributed by atoms with Crippen molar-refractivity contribution in [2.75, 3.05) is 19.6 Å². The van der Waals surface area contributed by atoms with E-state index in [-0.39, 0.29) is 11.9 Å². The van der Waals surface area contributed by atoms with Crippen molar-refractivity contribution in [1.82, 2.24) is 20.2 Å². The summed E-state index contributed by atoms with van der Waals surface area (Å²) >= 11 is 0. The Morgan fingerprint density at radius 1 is 1.47 bits per heavy atom. The van der Waals surface area contributed by atoms with E-state index in [1.165, 1.54) is 19.2 Å². The predicted molar refractivity (Wildman–Crippen MR) is 73.8 cm³/mol. The molecule has 1 atom stereocenters. The molecule has 1 N–H and O–H groups in total. The van der Waals surface area contributed by atoms with Crippen molar-refractivity contribution >= 4 is 5.91 Å². The average Bonchev–Trinajstić information content (AvgIpc) is 2.46. The van der Waals surface area contributed by atoms with Crippen LogP contribution in [-0.4, -0.2) is 46.5 Å². The minimum atomic E-state index is 0.0289. The Hall–Kier alpha value is -1.49. The Labute approximate surface area is 114 Å². The first-order chi connectivity index (χ1) is 9.18. The molecule has 5 heteroatoms. The van der Waals surface area contributed by atoms with Crippen LogP contribution in [0.25, 0.3) is 0 Å². The van der Waals surface area contributed by atoms with Crippen molar-refractivity contribution in [3.8, 4) is 0 Å². The van der Waals surface area contributed by atoms with Gasteiger partial charge in [0.05, 0.1) is 5.56 Å². The number of hydrogen-bond donors (Lipinski definition) is 1. The van der Waals surface area contributed by atoms with Crippen molar-refractivity contribution in [1.29, 1.82) is 0 Å². The maximum Gasteiger partial charge on any atom is 0.257 e. The van der Waals surface area contributed by atoms with Crippen LogP contribution in [0.2, 0.25) is 0 Å². The van der Waals surface area contributed by atoms with E-state index in [0.29, 0.717) is 11.5 Å². The highest BCUT2D eigenvalue weighted by Crippen LogP contribution is 2.15. The molecule has 1 aliphatic rings. The molecule has 0 radical (unpaired) electrons. The maximum atomic E-state index is 12.5. The number of carbonyl (C=O) groups excluding carboxylic acids is 1. The van der Waals surface area contributed by atoms with Gasteiger partial charge in [0.2, 0.25) is 0 Å². The van der Waals surface area contributed by atoms with Gasteiger partial charge in [-0.15, -0.1) is 0 Å². The number of nitrogens with one attached hydrogen (secondary N) is 1. The third kappa shape index (κ3) is 3.73. The summed E-state index contributed by atoms with van der Waals surface area (Å²) in [6.07, 6.45) is 7.00. The molecule has 0 bridgehead atoms. The molecule has 0 aromatic carbocycles. The van der Waals surface area contributed by atoms with Gasteiger partial charge in [-0.05, 0) is 45.7 Å². The minimum Gasteiger partial charge on any atom is -0.336 e. The van der Waals surface area contributed by atoms with Crippen LogP contribution in [0.1, 0.15) is 37.0 Å². The van der Waals surface area contributed by atoms with Crippen molar-refractivity contribution in [3.05, 3.63) is 24.3 Å². The molecule has 0 aliphatic carbocycles. The fourth-order valence-corrected chi connectivity index (χ4v) is 2.46. The molecule has 0 saturated carbocycles. The monoisotopic (exact) mass is 262 g/mol. The van der Waals surface area contributed by atoms with E-state index in [1.54, 1.807) is 12.4 Å². The first kappa shape index (κ1) is 13.9. The fraction of sp³-hybridized carbons (Fsp3) is 0.643. The second-order valence-electron chi connectivity index (χ2n) is 5.39. The van der Waals surface area contributed by atoms with E-state index in [4.69, 9.17) is 0 Å². The average molecular weight is 262 g/mol. The zero-order chi connectivity index (χ0) is 13.7. The van der Waals surface area contributed by atoms with Crippen LogP contribution in [0.4, 0.5) is 0 Å². The van der Waals surface area contributed by atoms with E-state index in [9.17, 15) is 4.79 Å². The second-order valence-corrected chi connectivity index (χ2v) is 5.39. The van der Waals surface area contributed by atoms with E-state index >= 15 is 0 Å². The number of piperidine rings is 1. The van der Waals surface area contributed by atoms with Crippen LogP contribution < -0.4 is 5.32 Å². The van der Waals surface area contributed by atoms with Gasteiger partial charge >= 0.3 is 0 Å². The van der Waals surface area contributed by atoms with Crippen molar-refractivity contribution in [2.24, 2.45) is 5.92 Å². The quantitative estimate of drug-likeness (QED) is 0.889. The lowest BCUT2D eigenvalue weighted by Gasteiger charge is -2.32. The first-order valence-electron chi connectivity index (χ1n) is 6.95. The van der Waals surface area contributed by atoms with E-state index in [0.717, 1.165) is 19.6 Å². The van der Waals surface area contributed by atoms with Crippen molar-refractivity contribution in [2.45, 2.75) is 32.7 Å². The van der Waals surface area contributed by atoms with Crippen LogP contribution in [0.3, 0.4) is 0 Å². The molecule has 1 fully saturated rings. The molecule has 1 amide bonds. The van der Waals surface area contributed by atoms with Gasteiger partial charge in [-0.2, -0.15) is 0 Å². The summed E-state index contributed by atoms with van der Waals surface area (Å²) in [4.78, 5) is 22.3. The summed E-state index contributed by atoms with van der Waals surface area (Å²) in [5, 5.41) is 3.40. The molecule has 104 valence electrons. The third-order valence-electron chi connectivity index (χ3n) is 3.55. The fourth-order valence-electron chi connectivity index (χ4n) is 2.46. The standard InChI is InChI=1S/C14H22N4O/c1-11(2)18(9-12-4-3-5-15-6-12)14(19)13-7-16-10-17-8-13/h7-8,10-12,15H,3-6,9H2,1-2H3. The number of nitrogens with zero attached hydrogens (tertiary/aromatic N) is 3. The molecule has 19 heavy (non-hydrogen) atoms. The van der Waals surface area contributed by atoms with Crippen LogP contribution in [0.5, 0.6) is 0 Å². The van der Waals surface area contributed by atoms with Crippen molar-refractivity contribution < 1.29 is 4.79 Å². The molecule has 1 saturated heterocycles. The largest absolute Gasteiger partial charge is 0.336 e. The summed E-state index contributed by atoms with van der Waals surface area (Å²) in [6, 6.07) is 0.189. The normalized spacial score (nSPS) is 19.4. The number of carbonyl (C=O) groups is 1. The molecule has 5 nitrogen and oxygen atoms in total. The minimum absolute atomic E-state index is 0.0289. The first-order valence-corrected chi connectivity index (χ1v) is 6.95. The predicted octanol–water partition coefficient (Wildman–Crippen LogP) is 1.33. The Morgan fingerprint density at radius 2 is 2.21 bits per heavy atom. The van der Waals surface area contributed by atoms with Crippen LogP contribution in [0.15, 0.2) is 18.7 Å². The van der Waals surface area contributed by atoms with Crippen LogP contribution >= 0.6 is 0 Å². The van der Waals surface area contributed by atoms with Crippen LogP contribution in [0, 0.1) is 5.92 Å². The molecular weight excluding hydrogens is 240 g/mol. The summed E-state index contributed by atoms with van der Waals surface area (Å²) in [7, 11) is 0. The smallest absolute Gasteiger partial charge is 0.257 e. The Kier molecular flexibility index (Phi) is 4.85. The van der Waals surface area contributed by atoms with Crippen molar-refractivity contribution in [3.63, 3.8) is 0 Å². The Balaban J connectivity index is 2.05. The molecule has 0 spiro atoms. The van der Waals surface area contributed by atoms with E-state index < -0.39 is 0 Å². The van der Waals surface area contributed by atoms with Gasteiger partial charge in [-0.1, -0.05) is 0 Å². The number of rotatable bonds is 4. The van der Waals surface area contributed by atoms with Gasteiger partial charge in [0.25, 0.3) is 5.91 Å². The lowest BCUT2D eigenvalue weighted by molar-refractivity contribution is 0.0660. The maximum absolute atomic E-state index is 12.5. The number of hydrogen-bond acceptors (Lipinski definition) is 4. The van der Waals surface area contributed by atoms with E-state index in [1.807, 2.05) is 4.90 Å². The second kappa shape index (κ2) is 6.61. The lowest BCUT2D eigenvalue weighted by Crippen LogP contribution is -2.44. The van der Waals surface area contributed by atoms with Gasteiger partial charge in [0, 0.05) is 25.0 Å². The molecule has 1 aliphatic heterocycles. The van der Waals surface area contributed by atoms with Gasteiger partial charge < -0.3 is 10.2 Å². The zero-order valence-electron chi connectivity index (χ0n) is 11.7. The molecule has 1 aromatic heterocycles. The Morgan fingerprint density at radius 3 is 2.79 bits per heavy atom. The molecule has 1 unspecified atom stereocenters. The molecule has 2 rings (SSSR count). The highest BCUT2D eigenvalue weighted by molar-refractivity contribution is 5.93. The van der Waals surface area contributed by atoms with Crippen LogP contribution in [-0.2, 0) is 0 Å². The van der Waals surface area contributed by atoms with Gasteiger partial charge in [0.1, 0.15) is 6.33 Å². The zero-order valence-corrected chi connectivity index (χ0v) is 11.7. The summed E-state index contributed by atoms with van der Waals surface area (Å²) < 4.78 is 0. The van der Waals surface area contributed by atoms with Gasteiger partial charge in [-0.3, -0.25) is 4.79 Å². The van der Waals surface area contributed by atoms with E-state index in [2.05, 4.69) is 29.1 Å². The number of aromatic nitrogens is 2. The lowest BCUT2D eigenvalue weighted by atomic mass is 9.98. The summed E-state index contributed by atoms with van der Waals surface area (Å²) in [5.74, 6) is 0.575. The molecule has 2 heterocycles. The SMILES string of the molecule is CC(C)N(CC1CCCNC1)C(=O)c1cncnc1. The molecular formula is C14H22N4O. The topological polar surface area (TPSA) is 58.1 Å². The summed E-state index contributed by atoms with van der Waals surface area (Å²) in [5.41, 5.74) is 0.569. The summed E-state index contributed by atoms with van der Waals surface area (Å²) in [6.45, 7) is 7.01. The van der Waals surface area contributed by atoms with Gasteiger partial charge in [0.15, 0.2) is 0 Å². The number of amides is 1. The highest BCUT2D eigenvalue weighted by Gasteiger charge is 2.24. The Bertz CT molecular complexity index is 401. The highest BCUT2D eigenvalue weighted by atomic mass is 16.2. The molecule has 1 aromatic rings.